The summed E-state index contributed by atoms with van der Waals surface area (Å²) in [5.41, 5.74) is 1.30. The molecule has 0 saturated carbocycles. The van der Waals surface area contributed by atoms with Gasteiger partial charge in [0.2, 0.25) is 0 Å². The molecule has 0 aliphatic heterocycles. The van der Waals surface area contributed by atoms with Crippen LogP contribution in [-0.4, -0.2) is 26.7 Å². The van der Waals surface area contributed by atoms with Crippen molar-refractivity contribution in [1.82, 2.24) is 4.83 Å². The number of hydrogen-bond donors (Lipinski definition) is 1. The fraction of sp³-hybridized carbons (Fsp3) is 0.176. The number of hydrogen-bond acceptors (Lipinski definition) is 5. The molecule has 0 aromatic heterocycles. The van der Waals surface area contributed by atoms with Gasteiger partial charge in [0.25, 0.3) is 10.0 Å². The third-order valence-electron chi connectivity index (χ3n) is 3.12. The van der Waals surface area contributed by atoms with E-state index in [9.17, 15) is 13.2 Å². The predicted molar refractivity (Wildman–Crippen MR) is 91.1 cm³/mol. The van der Waals surface area contributed by atoms with Crippen LogP contribution in [-0.2, 0) is 19.6 Å². The van der Waals surface area contributed by atoms with Crippen molar-refractivity contribution in [3.8, 4) is 0 Å². The normalized spacial score (nSPS) is 11.8. The number of rotatable bonds is 6. The van der Waals surface area contributed by atoms with Crippen LogP contribution in [0.15, 0.2) is 64.6 Å². The lowest BCUT2D eigenvalue weighted by Gasteiger charge is -2.08. The van der Waals surface area contributed by atoms with Crippen molar-refractivity contribution in [1.29, 1.82) is 0 Å². The lowest BCUT2D eigenvalue weighted by atomic mass is 10.1. The van der Waals surface area contributed by atoms with Crippen LogP contribution in [0, 0.1) is 6.92 Å². The Hall–Kier alpha value is -2.67. The summed E-state index contributed by atoms with van der Waals surface area (Å²) >= 11 is 0. The molecule has 0 bridgehead atoms. The standard InChI is InChI=1S/C17H18N2O4S/c1-3-23-17(20)16(14-7-5-4-6-8-14)18-19-24(21,22)15-11-9-13(2)10-12-15/h4-12,19H,3H2,1-2H3/b18-16-. The molecule has 24 heavy (non-hydrogen) atoms. The molecule has 7 heteroatoms. The maximum Gasteiger partial charge on any atom is 0.359 e. The molecule has 0 fully saturated rings. The highest BCUT2D eigenvalue weighted by Gasteiger charge is 2.18. The maximum absolute atomic E-state index is 12.3. The minimum atomic E-state index is -3.87. The first-order valence-corrected chi connectivity index (χ1v) is 8.81. The first-order chi connectivity index (χ1) is 11.4. The molecule has 0 aliphatic carbocycles. The second-order valence-electron chi connectivity index (χ2n) is 4.95. The Bertz CT molecular complexity index is 829. The molecule has 126 valence electrons. The first-order valence-electron chi connectivity index (χ1n) is 7.32. The van der Waals surface area contributed by atoms with Crippen molar-refractivity contribution in [2.45, 2.75) is 18.7 Å². The number of nitrogens with one attached hydrogen (secondary N) is 1. The Morgan fingerprint density at radius 3 is 2.29 bits per heavy atom. The number of benzene rings is 2. The zero-order valence-corrected chi connectivity index (χ0v) is 14.2. The molecule has 6 nitrogen and oxygen atoms in total. The molecule has 0 amide bonds. The van der Waals surface area contributed by atoms with Gasteiger partial charge in [0.05, 0.1) is 11.5 Å². The van der Waals surface area contributed by atoms with E-state index in [0.717, 1.165) is 5.56 Å². The Labute approximate surface area is 141 Å². The van der Waals surface area contributed by atoms with Gasteiger partial charge in [-0.2, -0.15) is 18.4 Å². The summed E-state index contributed by atoms with van der Waals surface area (Å²) in [6.07, 6.45) is 0. The van der Waals surface area contributed by atoms with E-state index in [1.165, 1.54) is 12.1 Å². The van der Waals surface area contributed by atoms with Crippen molar-refractivity contribution < 1.29 is 17.9 Å². The second-order valence-corrected chi connectivity index (χ2v) is 6.62. The van der Waals surface area contributed by atoms with Crippen LogP contribution in [0.5, 0.6) is 0 Å². The summed E-state index contributed by atoms with van der Waals surface area (Å²) in [7, 11) is -3.87. The van der Waals surface area contributed by atoms with Gasteiger partial charge in [0.15, 0.2) is 5.71 Å². The largest absolute Gasteiger partial charge is 0.461 e. The van der Waals surface area contributed by atoms with Gasteiger partial charge in [-0.15, -0.1) is 0 Å². The minimum absolute atomic E-state index is 0.0631. The van der Waals surface area contributed by atoms with E-state index in [1.807, 2.05) is 6.92 Å². The quantitative estimate of drug-likeness (QED) is 0.494. The lowest BCUT2D eigenvalue weighted by molar-refractivity contribution is -0.134. The van der Waals surface area contributed by atoms with Gasteiger partial charge in [-0.1, -0.05) is 48.0 Å². The van der Waals surface area contributed by atoms with E-state index in [4.69, 9.17) is 4.74 Å². The van der Waals surface area contributed by atoms with E-state index in [1.54, 1.807) is 49.4 Å². The predicted octanol–water partition coefficient (Wildman–Crippen LogP) is 2.24. The summed E-state index contributed by atoms with van der Waals surface area (Å²) in [5.74, 6) is -0.699. The van der Waals surface area contributed by atoms with Crippen molar-refractivity contribution >= 4 is 21.7 Å². The Morgan fingerprint density at radius 1 is 1.08 bits per heavy atom. The molecule has 2 rings (SSSR count). The Balaban J connectivity index is 2.33. The van der Waals surface area contributed by atoms with Gasteiger partial charge >= 0.3 is 5.97 Å². The topological polar surface area (TPSA) is 84.8 Å². The smallest absolute Gasteiger partial charge is 0.359 e. The third kappa shape index (κ3) is 4.42. The van der Waals surface area contributed by atoms with E-state index < -0.39 is 16.0 Å². The van der Waals surface area contributed by atoms with Crippen LogP contribution >= 0.6 is 0 Å². The molecule has 0 atom stereocenters. The van der Waals surface area contributed by atoms with Crippen LogP contribution < -0.4 is 4.83 Å². The summed E-state index contributed by atoms with van der Waals surface area (Å²) in [6.45, 7) is 3.68. The van der Waals surface area contributed by atoms with Gasteiger partial charge < -0.3 is 4.74 Å². The highest BCUT2D eigenvalue weighted by atomic mass is 32.2. The van der Waals surface area contributed by atoms with E-state index in [-0.39, 0.29) is 17.2 Å². The van der Waals surface area contributed by atoms with Gasteiger partial charge in [-0.25, -0.2) is 4.79 Å². The number of nitrogens with zero attached hydrogens (tertiary/aromatic N) is 1. The molecule has 0 unspecified atom stereocenters. The average Bonchev–Trinajstić information content (AvgIpc) is 2.56. The van der Waals surface area contributed by atoms with E-state index in [0.29, 0.717) is 5.56 Å². The summed E-state index contributed by atoms with van der Waals surface area (Å²) < 4.78 is 29.5. The monoisotopic (exact) mass is 346 g/mol. The van der Waals surface area contributed by atoms with Gasteiger partial charge in [0, 0.05) is 5.56 Å². The fourth-order valence-corrected chi connectivity index (χ4v) is 2.71. The highest BCUT2D eigenvalue weighted by molar-refractivity contribution is 7.89. The molecule has 0 heterocycles. The van der Waals surface area contributed by atoms with Crippen LogP contribution in [0.3, 0.4) is 0 Å². The fourth-order valence-electron chi connectivity index (χ4n) is 1.90. The van der Waals surface area contributed by atoms with Crippen molar-refractivity contribution in [2.75, 3.05) is 6.61 Å². The van der Waals surface area contributed by atoms with Crippen LogP contribution in [0.1, 0.15) is 18.1 Å². The summed E-state index contributed by atoms with van der Waals surface area (Å²) in [4.78, 5) is 14.2. The lowest BCUT2D eigenvalue weighted by Crippen LogP contribution is -2.25. The molecular weight excluding hydrogens is 328 g/mol. The van der Waals surface area contributed by atoms with Crippen molar-refractivity contribution in [3.63, 3.8) is 0 Å². The minimum Gasteiger partial charge on any atom is -0.461 e. The molecular formula is C17H18N2O4S. The zero-order chi connectivity index (χ0) is 17.6. The highest BCUT2D eigenvalue weighted by Crippen LogP contribution is 2.10. The molecule has 0 radical (unpaired) electrons. The number of sulfonamides is 1. The SMILES string of the molecule is CCOC(=O)/C(=N\NS(=O)(=O)c1ccc(C)cc1)c1ccccc1. The molecule has 2 aromatic carbocycles. The third-order valence-corrected chi connectivity index (χ3v) is 4.35. The van der Waals surface area contributed by atoms with E-state index in [2.05, 4.69) is 9.93 Å². The molecule has 0 saturated heterocycles. The van der Waals surface area contributed by atoms with Crippen molar-refractivity contribution in [2.24, 2.45) is 5.10 Å². The summed E-state index contributed by atoms with van der Waals surface area (Å²) in [5, 5.41) is 3.79. The van der Waals surface area contributed by atoms with Gasteiger partial charge in [0.1, 0.15) is 0 Å². The average molecular weight is 346 g/mol. The molecule has 2 aromatic rings. The summed E-state index contributed by atoms with van der Waals surface area (Å²) in [6, 6.07) is 14.8. The number of carbonyl (C=O) groups is 1. The molecule has 0 spiro atoms. The number of hydrazone groups is 1. The van der Waals surface area contributed by atoms with Crippen LogP contribution in [0.25, 0.3) is 0 Å². The van der Waals surface area contributed by atoms with Gasteiger partial charge in [-0.05, 0) is 26.0 Å². The molecule has 1 N–H and O–H groups in total. The second kappa shape index (κ2) is 7.74. The van der Waals surface area contributed by atoms with E-state index >= 15 is 0 Å². The zero-order valence-electron chi connectivity index (χ0n) is 13.4. The van der Waals surface area contributed by atoms with Crippen LogP contribution in [0.2, 0.25) is 0 Å². The van der Waals surface area contributed by atoms with Crippen molar-refractivity contribution in [3.05, 3.63) is 65.7 Å². The first kappa shape index (κ1) is 17.7. The molecule has 0 aliphatic rings. The number of esters is 1. The van der Waals surface area contributed by atoms with Crippen LogP contribution in [0.4, 0.5) is 0 Å². The van der Waals surface area contributed by atoms with Gasteiger partial charge in [-0.3, -0.25) is 0 Å². The Kier molecular flexibility index (Phi) is 5.70. The number of aryl methyl sites for hydroxylation is 1. The number of ether oxygens (including phenoxy) is 1. The Morgan fingerprint density at radius 2 is 1.71 bits per heavy atom. The maximum atomic E-state index is 12.3. The number of carbonyl (C=O) groups excluding carboxylic acids is 1.